The fourth-order valence-electron chi connectivity index (χ4n) is 1.23. The Bertz CT molecular complexity index is 226. The SMILES string of the molecule is COCCCCNC(C)CS(C)(=O)=O. The van der Waals surface area contributed by atoms with Crippen LogP contribution in [0.15, 0.2) is 0 Å². The average molecular weight is 223 g/mol. The van der Waals surface area contributed by atoms with E-state index in [1.165, 1.54) is 6.26 Å². The van der Waals surface area contributed by atoms with Crippen LogP contribution in [-0.2, 0) is 14.6 Å². The monoisotopic (exact) mass is 223 g/mol. The second-order valence-corrected chi connectivity index (χ2v) is 5.83. The molecule has 0 aromatic carbocycles. The van der Waals surface area contributed by atoms with Crippen molar-refractivity contribution < 1.29 is 13.2 Å². The van der Waals surface area contributed by atoms with Crippen LogP contribution >= 0.6 is 0 Å². The van der Waals surface area contributed by atoms with E-state index in [4.69, 9.17) is 4.74 Å². The van der Waals surface area contributed by atoms with Crippen LogP contribution in [0.2, 0.25) is 0 Å². The third-order valence-corrected chi connectivity index (χ3v) is 2.93. The normalized spacial score (nSPS) is 14.2. The molecule has 0 bridgehead atoms. The molecule has 5 heteroatoms. The number of nitrogens with one attached hydrogen (secondary N) is 1. The molecule has 0 saturated carbocycles. The number of hydrogen-bond donors (Lipinski definition) is 1. The summed E-state index contributed by atoms with van der Waals surface area (Å²) in [7, 11) is -1.18. The highest BCUT2D eigenvalue weighted by molar-refractivity contribution is 7.90. The van der Waals surface area contributed by atoms with E-state index in [2.05, 4.69) is 5.32 Å². The van der Waals surface area contributed by atoms with E-state index in [0.717, 1.165) is 26.0 Å². The van der Waals surface area contributed by atoms with Gasteiger partial charge in [0.25, 0.3) is 0 Å². The van der Waals surface area contributed by atoms with Crippen molar-refractivity contribution in [3.8, 4) is 0 Å². The third-order valence-electron chi connectivity index (χ3n) is 1.82. The molecule has 0 aliphatic heterocycles. The summed E-state index contributed by atoms with van der Waals surface area (Å²) in [6.07, 6.45) is 3.28. The van der Waals surface area contributed by atoms with Gasteiger partial charge < -0.3 is 10.1 Å². The maximum Gasteiger partial charge on any atom is 0.148 e. The molecule has 0 radical (unpaired) electrons. The van der Waals surface area contributed by atoms with Gasteiger partial charge in [-0.15, -0.1) is 0 Å². The summed E-state index contributed by atoms with van der Waals surface area (Å²) < 4.78 is 26.7. The fraction of sp³-hybridized carbons (Fsp3) is 1.00. The lowest BCUT2D eigenvalue weighted by atomic mass is 10.3. The first-order valence-corrected chi connectivity index (χ1v) is 6.92. The van der Waals surface area contributed by atoms with Gasteiger partial charge in [0.05, 0.1) is 5.75 Å². The summed E-state index contributed by atoms with van der Waals surface area (Å²) in [4.78, 5) is 0. The van der Waals surface area contributed by atoms with Crippen molar-refractivity contribution in [2.45, 2.75) is 25.8 Å². The quantitative estimate of drug-likeness (QED) is 0.607. The lowest BCUT2D eigenvalue weighted by Gasteiger charge is -2.12. The van der Waals surface area contributed by atoms with Gasteiger partial charge in [-0.25, -0.2) is 8.42 Å². The number of hydrogen-bond acceptors (Lipinski definition) is 4. The first kappa shape index (κ1) is 13.9. The summed E-state index contributed by atoms with van der Waals surface area (Å²) in [5.74, 6) is 0.206. The maximum absolute atomic E-state index is 10.9. The van der Waals surface area contributed by atoms with E-state index in [0.29, 0.717) is 0 Å². The lowest BCUT2D eigenvalue weighted by Crippen LogP contribution is -2.33. The highest BCUT2D eigenvalue weighted by Gasteiger charge is 2.08. The summed E-state index contributed by atoms with van der Waals surface area (Å²) in [6.45, 7) is 3.50. The summed E-state index contributed by atoms with van der Waals surface area (Å²) in [6, 6.07) is 0.0348. The van der Waals surface area contributed by atoms with Gasteiger partial charge in [0.2, 0.25) is 0 Å². The minimum atomic E-state index is -2.86. The van der Waals surface area contributed by atoms with Crippen molar-refractivity contribution >= 4 is 9.84 Å². The topological polar surface area (TPSA) is 55.4 Å². The average Bonchev–Trinajstić information content (AvgIpc) is 2.00. The summed E-state index contributed by atoms with van der Waals surface area (Å²) in [5, 5.41) is 3.16. The van der Waals surface area contributed by atoms with Crippen LogP contribution in [0.25, 0.3) is 0 Å². The molecule has 0 heterocycles. The molecule has 1 unspecified atom stereocenters. The molecule has 0 amide bonds. The van der Waals surface area contributed by atoms with E-state index >= 15 is 0 Å². The van der Waals surface area contributed by atoms with Crippen LogP contribution in [-0.4, -0.2) is 46.7 Å². The fourth-order valence-corrected chi connectivity index (χ4v) is 2.26. The molecule has 0 aromatic rings. The van der Waals surface area contributed by atoms with Crippen molar-refractivity contribution in [2.24, 2.45) is 0 Å². The molecule has 1 N–H and O–H groups in total. The first-order valence-electron chi connectivity index (χ1n) is 4.86. The molecular formula is C9H21NO3S. The summed E-state index contributed by atoms with van der Waals surface area (Å²) >= 11 is 0. The molecule has 0 spiro atoms. The van der Waals surface area contributed by atoms with E-state index in [9.17, 15) is 8.42 Å². The molecule has 0 aliphatic carbocycles. The minimum Gasteiger partial charge on any atom is -0.385 e. The van der Waals surface area contributed by atoms with Crippen molar-refractivity contribution in [1.82, 2.24) is 5.32 Å². The molecule has 0 fully saturated rings. The molecule has 1 atom stereocenters. The zero-order valence-corrected chi connectivity index (χ0v) is 10.1. The Kier molecular flexibility index (Phi) is 7.13. The van der Waals surface area contributed by atoms with Crippen LogP contribution in [0.4, 0.5) is 0 Å². The summed E-state index contributed by atoms with van der Waals surface area (Å²) in [5.41, 5.74) is 0. The van der Waals surface area contributed by atoms with Gasteiger partial charge >= 0.3 is 0 Å². The zero-order chi connectivity index (χ0) is 11.0. The maximum atomic E-state index is 10.9. The Morgan fingerprint density at radius 3 is 2.50 bits per heavy atom. The first-order chi connectivity index (χ1) is 6.45. The molecule has 0 saturated heterocycles. The Morgan fingerprint density at radius 1 is 1.36 bits per heavy atom. The lowest BCUT2D eigenvalue weighted by molar-refractivity contribution is 0.192. The van der Waals surface area contributed by atoms with Gasteiger partial charge in [0.15, 0.2) is 0 Å². The predicted molar refractivity (Wildman–Crippen MR) is 58.3 cm³/mol. The second-order valence-electron chi connectivity index (χ2n) is 3.65. The Hall–Kier alpha value is -0.130. The number of rotatable bonds is 8. The highest BCUT2D eigenvalue weighted by atomic mass is 32.2. The van der Waals surface area contributed by atoms with Crippen molar-refractivity contribution in [3.63, 3.8) is 0 Å². The number of unbranched alkanes of at least 4 members (excludes halogenated alkanes) is 1. The van der Waals surface area contributed by atoms with E-state index in [1.54, 1.807) is 7.11 Å². The van der Waals surface area contributed by atoms with Crippen LogP contribution < -0.4 is 5.32 Å². The van der Waals surface area contributed by atoms with E-state index in [-0.39, 0.29) is 11.8 Å². The van der Waals surface area contributed by atoms with Gasteiger partial charge in [0.1, 0.15) is 9.84 Å². The van der Waals surface area contributed by atoms with E-state index in [1.807, 2.05) is 6.92 Å². The third kappa shape index (κ3) is 9.95. The van der Waals surface area contributed by atoms with Crippen molar-refractivity contribution in [3.05, 3.63) is 0 Å². The Morgan fingerprint density at radius 2 is 2.00 bits per heavy atom. The second kappa shape index (κ2) is 7.20. The molecule has 86 valence electrons. The van der Waals surface area contributed by atoms with Gasteiger partial charge in [-0.3, -0.25) is 0 Å². The molecule has 0 aromatic heterocycles. The number of sulfone groups is 1. The van der Waals surface area contributed by atoms with Crippen LogP contribution in [0, 0.1) is 0 Å². The molecule has 14 heavy (non-hydrogen) atoms. The zero-order valence-electron chi connectivity index (χ0n) is 9.25. The van der Waals surface area contributed by atoms with Crippen molar-refractivity contribution in [1.29, 1.82) is 0 Å². The number of methoxy groups -OCH3 is 1. The van der Waals surface area contributed by atoms with E-state index < -0.39 is 9.84 Å². The highest BCUT2D eigenvalue weighted by Crippen LogP contribution is 1.92. The van der Waals surface area contributed by atoms with Crippen LogP contribution in [0.3, 0.4) is 0 Å². The van der Waals surface area contributed by atoms with Gasteiger partial charge in [-0.1, -0.05) is 0 Å². The minimum absolute atomic E-state index is 0.0348. The predicted octanol–water partition coefficient (Wildman–Crippen LogP) is 0.436. The standard InChI is InChI=1S/C9H21NO3S/c1-9(8-14(3,11)12)10-6-4-5-7-13-2/h9-10H,4-8H2,1-3H3. The Labute approximate surface area is 86.9 Å². The van der Waals surface area contributed by atoms with Gasteiger partial charge in [-0.2, -0.15) is 0 Å². The largest absolute Gasteiger partial charge is 0.385 e. The Balaban J connectivity index is 3.41. The molecular weight excluding hydrogens is 202 g/mol. The molecule has 0 rings (SSSR count). The molecule has 4 nitrogen and oxygen atoms in total. The van der Waals surface area contributed by atoms with Crippen molar-refractivity contribution in [2.75, 3.05) is 32.3 Å². The number of ether oxygens (including phenoxy) is 1. The van der Waals surface area contributed by atoms with Gasteiger partial charge in [0, 0.05) is 26.0 Å². The van der Waals surface area contributed by atoms with Crippen LogP contribution in [0.5, 0.6) is 0 Å². The molecule has 0 aliphatic rings. The van der Waals surface area contributed by atoms with Gasteiger partial charge in [-0.05, 0) is 26.3 Å². The van der Waals surface area contributed by atoms with Crippen LogP contribution in [0.1, 0.15) is 19.8 Å². The smallest absolute Gasteiger partial charge is 0.148 e.